The lowest BCUT2D eigenvalue weighted by atomic mass is 9.68. The van der Waals surface area contributed by atoms with E-state index >= 15 is 0 Å². The van der Waals surface area contributed by atoms with Gasteiger partial charge in [-0.2, -0.15) is 0 Å². The van der Waals surface area contributed by atoms with E-state index < -0.39 is 5.60 Å². The summed E-state index contributed by atoms with van der Waals surface area (Å²) >= 11 is 0. The Kier molecular flexibility index (Phi) is 11.4. The van der Waals surface area contributed by atoms with Gasteiger partial charge in [0.2, 0.25) is 0 Å². The summed E-state index contributed by atoms with van der Waals surface area (Å²) in [5.74, 6) is 0.908. The zero-order valence-corrected chi connectivity index (χ0v) is 25.4. The van der Waals surface area contributed by atoms with Crippen molar-refractivity contribution in [3.05, 3.63) is 23.3 Å². The quantitative estimate of drug-likeness (QED) is 0.204. The van der Waals surface area contributed by atoms with Gasteiger partial charge < -0.3 is 25.0 Å². The summed E-state index contributed by atoms with van der Waals surface area (Å²) in [6.45, 7) is 19.8. The van der Waals surface area contributed by atoms with Gasteiger partial charge in [0.25, 0.3) is 0 Å². The fourth-order valence-electron chi connectivity index (χ4n) is 6.04. The van der Waals surface area contributed by atoms with Crippen LogP contribution in [0.5, 0.6) is 11.5 Å². The third-order valence-corrected chi connectivity index (χ3v) is 9.81. The van der Waals surface area contributed by atoms with Gasteiger partial charge in [0.1, 0.15) is 0 Å². The van der Waals surface area contributed by atoms with Crippen LogP contribution in [0.1, 0.15) is 111 Å². The van der Waals surface area contributed by atoms with Gasteiger partial charge in [-0.05, 0) is 94.7 Å². The molecule has 5 heteroatoms. The Hall–Kier alpha value is -1.30. The molecule has 0 radical (unpaired) electrons. The number of methoxy groups -OCH3 is 1. The number of phenolic OH excluding ortho intramolecular Hbond substituents is 2. The van der Waals surface area contributed by atoms with Crippen molar-refractivity contribution in [2.24, 2.45) is 17.3 Å². The highest BCUT2D eigenvalue weighted by molar-refractivity contribution is 5.53. The van der Waals surface area contributed by atoms with E-state index in [0.29, 0.717) is 12.6 Å². The van der Waals surface area contributed by atoms with E-state index in [1.807, 2.05) is 13.0 Å². The molecule has 0 spiro atoms. The molecule has 2 rings (SSSR count). The summed E-state index contributed by atoms with van der Waals surface area (Å²) in [6.07, 6.45) is 8.18. The predicted molar refractivity (Wildman–Crippen MR) is 154 cm³/mol. The summed E-state index contributed by atoms with van der Waals surface area (Å²) in [6, 6.07) is 4.00. The Balaban J connectivity index is 2.24. The highest BCUT2D eigenvalue weighted by Crippen LogP contribution is 2.46. The lowest BCUT2D eigenvalue weighted by Crippen LogP contribution is -2.49. The molecule has 37 heavy (non-hydrogen) atoms. The number of aromatic hydroxyl groups is 2. The van der Waals surface area contributed by atoms with Gasteiger partial charge in [-0.15, -0.1) is 0 Å². The zero-order valence-electron chi connectivity index (χ0n) is 25.4. The Morgan fingerprint density at radius 1 is 1.03 bits per heavy atom. The summed E-state index contributed by atoms with van der Waals surface area (Å²) in [5.41, 5.74) is 0.861. The summed E-state index contributed by atoms with van der Waals surface area (Å²) in [4.78, 5) is 2.65. The fourth-order valence-corrected chi connectivity index (χ4v) is 6.04. The van der Waals surface area contributed by atoms with E-state index in [-0.39, 0.29) is 28.2 Å². The van der Waals surface area contributed by atoms with Crippen LogP contribution in [0.3, 0.4) is 0 Å². The van der Waals surface area contributed by atoms with Crippen molar-refractivity contribution in [3.63, 3.8) is 0 Å². The average molecular weight is 520 g/mol. The van der Waals surface area contributed by atoms with Crippen LogP contribution in [0.4, 0.5) is 0 Å². The molecule has 0 aliphatic heterocycles. The molecular weight excluding hydrogens is 462 g/mol. The van der Waals surface area contributed by atoms with E-state index in [1.54, 1.807) is 13.2 Å². The van der Waals surface area contributed by atoms with Crippen molar-refractivity contribution in [2.75, 3.05) is 26.8 Å². The average Bonchev–Trinajstić information content (AvgIpc) is 3.67. The van der Waals surface area contributed by atoms with Gasteiger partial charge in [0.05, 0.1) is 12.2 Å². The van der Waals surface area contributed by atoms with Crippen LogP contribution in [0.15, 0.2) is 12.1 Å². The predicted octanol–water partition coefficient (Wildman–Crippen LogP) is 7.05. The standard InChI is InChI=1S/C32H57NO4/c1-10-25-16-18-27(34)29(35)28(25)32(11-2,12-3)19-20-33(21-24-14-15-24)23(4)13-17-26(22-37-9)31(8,36)30(5,6)7/h16,18,23-24,26,34-36H,10-15,17,19-22H2,1-9H3/t23?,26?,31-/m0/s1. The topological polar surface area (TPSA) is 73.2 Å². The smallest absolute Gasteiger partial charge is 0.161 e. The highest BCUT2D eigenvalue weighted by Gasteiger charge is 2.42. The lowest BCUT2D eigenvalue weighted by Gasteiger charge is -2.44. The third kappa shape index (κ3) is 7.64. The maximum atomic E-state index is 11.4. The number of phenols is 2. The van der Waals surface area contributed by atoms with Crippen molar-refractivity contribution in [1.82, 2.24) is 4.90 Å². The molecule has 0 bridgehead atoms. The Morgan fingerprint density at radius 3 is 2.14 bits per heavy atom. The van der Waals surface area contributed by atoms with Crippen LogP contribution in [-0.4, -0.2) is 58.7 Å². The SMILES string of the molecule is CCc1ccc(O)c(O)c1C(CC)(CC)CCN(CC1CC1)C(C)CCC(COC)[C@](C)(O)C(C)(C)C. The van der Waals surface area contributed by atoms with Crippen LogP contribution in [0, 0.1) is 17.3 Å². The molecule has 2 unspecified atom stereocenters. The first-order valence-electron chi connectivity index (χ1n) is 14.8. The Labute approximate surface area is 227 Å². The number of ether oxygens (including phenoxy) is 1. The minimum absolute atomic E-state index is 0.0169. The van der Waals surface area contributed by atoms with Gasteiger partial charge >= 0.3 is 0 Å². The zero-order chi connectivity index (χ0) is 28.0. The number of aliphatic hydroxyl groups is 1. The molecule has 1 aliphatic rings. The first kappa shape index (κ1) is 31.9. The second-order valence-electron chi connectivity index (χ2n) is 13.0. The number of hydrogen-bond acceptors (Lipinski definition) is 5. The molecule has 1 fully saturated rings. The number of nitrogens with zero attached hydrogens (tertiary/aromatic N) is 1. The Morgan fingerprint density at radius 2 is 1.65 bits per heavy atom. The minimum Gasteiger partial charge on any atom is -0.504 e. The molecule has 5 nitrogen and oxygen atoms in total. The van der Waals surface area contributed by atoms with Crippen LogP contribution >= 0.6 is 0 Å². The molecule has 0 heterocycles. The maximum Gasteiger partial charge on any atom is 0.161 e. The van der Waals surface area contributed by atoms with E-state index in [1.165, 1.54) is 12.8 Å². The van der Waals surface area contributed by atoms with Crippen LogP contribution < -0.4 is 0 Å². The molecular formula is C32H57NO4. The molecule has 3 atom stereocenters. The van der Waals surface area contributed by atoms with E-state index in [4.69, 9.17) is 4.74 Å². The summed E-state index contributed by atoms with van der Waals surface area (Å²) in [7, 11) is 1.73. The van der Waals surface area contributed by atoms with Gasteiger partial charge in [-0.25, -0.2) is 0 Å². The highest BCUT2D eigenvalue weighted by atomic mass is 16.5. The van der Waals surface area contributed by atoms with E-state index in [9.17, 15) is 15.3 Å². The molecule has 0 amide bonds. The fraction of sp³-hybridized carbons (Fsp3) is 0.812. The molecule has 1 aromatic rings. The van der Waals surface area contributed by atoms with Crippen LogP contribution in [0.25, 0.3) is 0 Å². The molecule has 1 aromatic carbocycles. The molecule has 1 aliphatic carbocycles. The van der Waals surface area contributed by atoms with Crippen molar-refractivity contribution in [3.8, 4) is 11.5 Å². The molecule has 214 valence electrons. The lowest BCUT2D eigenvalue weighted by molar-refractivity contribution is -0.111. The van der Waals surface area contributed by atoms with Gasteiger partial charge in [0.15, 0.2) is 11.5 Å². The van der Waals surface area contributed by atoms with E-state index in [0.717, 1.165) is 68.7 Å². The third-order valence-electron chi connectivity index (χ3n) is 9.81. The first-order valence-corrected chi connectivity index (χ1v) is 14.8. The van der Waals surface area contributed by atoms with Crippen molar-refractivity contribution >= 4 is 0 Å². The second-order valence-corrected chi connectivity index (χ2v) is 13.0. The maximum absolute atomic E-state index is 11.4. The molecule has 3 N–H and O–H groups in total. The van der Waals surface area contributed by atoms with Crippen LogP contribution in [0.2, 0.25) is 0 Å². The second kappa shape index (κ2) is 13.2. The normalized spacial score (nSPS) is 18.1. The summed E-state index contributed by atoms with van der Waals surface area (Å²) in [5, 5.41) is 32.7. The summed E-state index contributed by atoms with van der Waals surface area (Å²) < 4.78 is 5.55. The van der Waals surface area contributed by atoms with Gasteiger partial charge in [0, 0.05) is 36.6 Å². The first-order chi connectivity index (χ1) is 17.3. The minimum atomic E-state index is -0.812. The van der Waals surface area contributed by atoms with Gasteiger partial charge in [-0.3, -0.25) is 0 Å². The van der Waals surface area contributed by atoms with Crippen molar-refractivity contribution in [2.45, 2.75) is 124 Å². The van der Waals surface area contributed by atoms with Crippen LogP contribution in [-0.2, 0) is 16.6 Å². The van der Waals surface area contributed by atoms with Gasteiger partial charge in [-0.1, -0.05) is 47.6 Å². The molecule has 1 saturated carbocycles. The number of benzene rings is 1. The molecule has 0 saturated heterocycles. The van der Waals surface area contributed by atoms with E-state index in [2.05, 4.69) is 53.4 Å². The Bertz CT molecular complexity index is 836. The molecule has 0 aromatic heterocycles. The van der Waals surface area contributed by atoms with Crippen molar-refractivity contribution in [1.29, 1.82) is 0 Å². The number of hydrogen-bond donors (Lipinski definition) is 3. The number of aryl methyl sites for hydroxylation is 1. The number of rotatable bonds is 16. The monoisotopic (exact) mass is 519 g/mol. The largest absolute Gasteiger partial charge is 0.504 e. The van der Waals surface area contributed by atoms with Crippen molar-refractivity contribution < 1.29 is 20.1 Å².